The highest BCUT2D eigenvalue weighted by molar-refractivity contribution is 5.83. The predicted molar refractivity (Wildman–Crippen MR) is 72.6 cm³/mol. The zero-order chi connectivity index (χ0) is 13.7. The van der Waals surface area contributed by atoms with Crippen molar-refractivity contribution in [2.24, 2.45) is 0 Å². The van der Waals surface area contributed by atoms with Gasteiger partial charge in [-0.1, -0.05) is 30.3 Å². The van der Waals surface area contributed by atoms with E-state index in [2.05, 4.69) is 11.9 Å². The van der Waals surface area contributed by atoms with Crippen molar-refractivity contribution in [3.8, 4) is 0 Å². The van der Waals surface area contributed by atoms with Crippen LogP contribution >= 0.6 is 0 Å². The molecule has 1 aliphatic rings. The van der Waals surface area contributed by atoms with Crippen molar-refractivity contribution in [1.29, 1.82) is 0 Å². The summed E-state index contributed by atoms with van der Waals surface area (Å²) in [7, 11) is 0. The standard InChI is InChI=1S/C15H19NO3/c1-3-9-16-15(14(17)19-4-2)11-18-10-12-7-5-6-8-13(12)15/h3,5-8,16H,1,4,9-11H2,2H3. The number of rotatable bonds is 5. The van der Waals surface area contributed by atoms with Gasteiger partial charge < -0.3 is 9.47 Å². The number of benzene rings is 1. The van der Waals surface area contributed by atoms with Crippen molar-refractivity contribution in [2.45, 2.75) is 19.1 Å². The molecule has 0 saturated heterocycles. The Morgan fingerprint density at radius 1 is 1.58 bits per heavy atom. The maximum absolute atomic E-state index is 12.4. The van der Waals surface area contributed by atoms with Gasteiger partial charge in [0.15, 0.2) is 5.54 Å². The molecule has 0 aliphatic carbocycles. The third kappa shape index (κ3) is 2.55. The second-order valence-corrected chi connectivity index (χ2v) is 4.45. The molecule has 4 heteroatoms. The number of esters is 1. The van der Waals surface area contributed by atoms with Crippen molar-refractivity contribution < 1.29 is 14.3 Å². The Kier molecular flexibility index (Phi) is 4.35. The lowest BCUT2D eigenvalue weighted by molar-refractivity contribution is -0.156. The van der Waals surface area contributed by atoms with Gasteiger partial charge >= 0.3 is 5.97 Å². The minimum Gasteiger partial charge on any atom is -0.464 e. The normalized spacial score (nSPS) is 21.5. The molecule has 0 aromatic heterocycles. The van der Waals surface area contributed by atoms with E-state index < -0.39 is 5.54 Å². The van der Waals surface area contributed by atoms with Crippen molar-refractivity contribution in [1.82, 2.24) is 5.32 Å². The molecule has 2 rings (SSSR count). The molecule has 1 aromatic rings. The Hall–Kier alpha value is -1.65. The summed E-state index contributed by atoms with van der Waals surface area (Å²) in [5.41, 5.74) is 1.01. The molecule has 19 heavy (non-hydrogen) atoms. The molecule has 1 aromatic carbocycles. The summed E-state index contributed by atoms with van der Waals surface area (Å²) in [6, 6.07) is 7.79. The smallest absolute Gasteiger partial charge is 0.333 e. The summed E-state index contributed by atoms with van der Waals surface area (Å²) in [5, 5.41) is 3.21. The van der Waals surface area contributed by atoms with Crippen LogP contribution in [0.2, 0.25) is 0 Å². The molecule has 102 valence electrons. The zero-order valence-corrected chi connectivity index (χ0v) is 11.1. The summed E-state index contributed by atoms with van der Waals surface area (Å²) in [5.74, 6) is -0.302. The van der Waals surface area contributed by atoms with Crippen molar-refractivity contribution >= 4 is 5.97 Å². The molecule has 0 spiro atoms. The quantitative estimate of drug-likeness (QED) is 0.648. The minimum atomic E-state index is -0.932. The zero-order valence-electron chi connectivity index (χ0n) is 11.1. The number of carbonyl (C=O) groups is 1. The molecule has 0 radical (unpaired) electrons. The third-order valence-corrected chi connectivity index (χ3v) is 3.23. The van der Waals surface area contributed by atoms with Crippen LogP contribution in [0.3, 0.4) is 0 Å². The predicted octanol–water partition coefficient (Wildman–Crippen LogP) is 1.75. The number of hydrogen-bond acceptors (Lipinski definition) is 4. The first-order valence-electron chi connectivity index (χ1n) is 6.44. The SMILES string of the molecule is C=CCNC1(C(=O)OCC)COCc2ccccc21. The minimum absolute atomic E-state index is 0.274. The van der Waals surface area contributed by atoms with Crippen LogP contribution in [0.15, 0.2) is 36.9 Å². The van der Waals surface area contributed by atoms with E-state index in [0.717, 1.165) is 11.1 Å². The molecule has 0 saturated carbocycles. The van der Waals surface area contributed by atoms with Gasteiger partial charge in [0, 0.05) is 6.54 Å². The van der Waals surface area contributed by atoms with E-state index in [1.54, 1.807) is 13.0 Å². The maximum atomic E-state index is 12.4. The molecule has 0 bridgehead atoms. The van der Waals surface area contributed by atoms with E-state index in [4.69, 9.17) is 9.47 Å². The second kappa shape index (κ2) is 5.99. The summed E-state index contributed by atoms with van der Waals surface area (Å²) in [6.45, 7) is 7.13. The molecule has 1 atom stereocenters. The van der Waals surface area contributed by atoms with Crippen LogP contribution in [-0.2, 0) is 26.4 Å². The lowest BCUT2D eigenvalue weighted by Gasteiger charge is -2.37. The Bertz CT molecular complexity index is 472. The molecule has 0 amide bonds. The Labute approximate surface area is 113 Å². The van der Waals surface area contributed by atoms with Crippen LogP contribution in [-0.4, -0.2) is 25.7 Å². The average molecular weight is 261 g/mol. The van der Waals surface area contributed by atoms with Crippen LogP contribution in [0.25, 0.3) is 0 Å². The molecule has 0 fully saturated rings. The number of hydrogen-bond donors (Lipinski definition) is 1. The van der Waals surface area contributed by atoms with E-state index in [1.165, 1.54) is 0 Å². The van der Waals surface area contributed by atoms with E-state index in [1.807, 2.05) is 24.3 Å². The summed E-state index contributed by atoms with van der Waals surface area (Å²) >= 11 is 0. The monoisotopic (exact) mass is 261 g/mol. The Balaban J connectivity index is 2.43. The highest BCUT2D eigenvalue weighted by atomic mass is 16.5. The topological polar surface area (TPSA) is 47.6 Å². The summed E-state index contributed by atoms with van der Waals surface area (Å²) < 4.78 is 10.8. The summed E-state index contributed by atoms with van der Waals surface area (Å²) in [6.07, 6.45) is 1.72. The molecular weight excluding hydrogens is 242 g/mol. The molecule has 4 nitrogen and oxygen atoms in total. The molecular formula is C15H19NO3. The fourth-order valence-electron chi connectivity index (χ4n) is 2.34. The molecule has 1 unspecified atom stereocenters. The van der Waals surface area contributed by atoms with Gasteiger partial charge in [0.1, 0.15) is 0 Å². The van der Waals surface area contributed by atoms with E-state index >= 15 is 0 Å². The second-order valence-electron chi connectivity index (χ2n) is 4.45. The van der Waals surface area contributed by atoms with Gasteiger partial charge in [0.05, 0.1) is 19.8 Å². The molecule has 1 N–H and O–H groups in total. The lowest BCUT2D eigenvalue weighted by Crippen LogP contribution is -2.55. The van der Waals surface area contributed by atoms with Crippen LogP contribution in [0.4, 0.5) is 0 Å². The van der Waals surface area contributed by atoms with Gasteiger partial charge in [-0.15, -0.1) is 6.58 Å². The average Bonchev–Trinajstić information content (AvgIpc) is 2.45. The number of nitrogens with one attached hydrogen (secondary N) is 1. The van der Waals surface area contributed by atoms with E-state index in [-0.39, 0.29) is 12.6 Å². The first-order valence-corrected chi connectivity index (χ1v) is 6.44. The molecule has 1 heterocycles. The maximum Gasteiger partial charge on any atom is 0.333 e. The largest absolute Gasteiger partial charge is 0.464 e. The first-order chi connectivity index (χ1) is 9.24. The first kappa shape index (κ1) is 13.8. The van der Waals surface area contributed by atoms with Crippen LogP contribution in [0.5, 0.6) is 0 Å². The Morgan fingerprint density at radius 2 is 2.37 bits per heavy atom. The summed E-state index contributed by atoms with van der Waals surface area (Å²) in [4.78, 5) is 12.4. The number of fused-ring (bicyclic) bond motifs is 1. The van der Waals surface area contributed by atoms with E-state index in [0.29, 0.717) is 19.8 Å². The highest BCUT2D eigenvalue weighted by Crippen LogP contribution is 2.31. The van der Waals surface area contributed by atoms with Gasteiger partial charge in [-0.05, 0) is 18.1 Å². The van der Waals surface area contributed by atoms with Gasteiger partial charge in [-0.2, -0.15) is 0 Å². The lowest BCUT2D eigenvalue weighted by atomic mass is 9.85. The van der Waals surface area contributed by atoms with E-state index in [9.17, 15) is 4.79 Å². The van der Waals surface area contributed by atoms with Gasteiger partial charge in [0.2, 0.25) is 0 Å². The van der Waals surface area contributed by atoms with Crippen LogP contribution in [0.1, 0.15) is 18.1 Å². The highest BCUT2D eigenvalue weighted by Gasteiger charge is 2.45. The van der Waals surface area contributed by atoms with Crippen LogP contribution in [0, 0.1) is 0 Å². The third-order valence-electron chi connectivity index (χ3n) is 3.23. The van der Waals surface area contributed by atoms with Gasteiger partial charge in [-0.3, -0.25) is 5.32 Å². The van der Waals surface area contributed by atoms with Crippen LogP contribution < -0.4 is 5.32 Å². The van der Waals surface area contributed by atoms with Gasteiger partial charge in [0.25, 0.3) is 0 Å². The number of ether oxygens (including phenoxy) is 2. The fraction of sp³-hybridized carbons (Fsp3) is 0.400. The van der Waals surface area contributed by atoms with Crippen molar-refractivity contribution in [3.63, 3.8) is 0 Å². The fourth-order valence-corrected chi connectivity index (χ4v) is 2.34. The van der Waals surface area contributed by atoms with Crippen molar-refractivity contribution in [3.05, 3.63) is 48.0 Å². The number of carbonyl (C=O) groups excluding carboxylic acids is 1. The van der Waals surface area contributed by atoms with Gasteiger partial charge in [-0.25, -0.2) is 4.79 Å². The molecule has 1 aliphatic heterocycles. The Morgan fingerprint density at radius 3 is 3.11 bits per heavy atom. The van der Waals surface area contributed by atoms with Crippen molar-refractivity contribution in [2.75, 3.05) is 19.8 Å².